The van der Waals surface area contributed by atoms with Gasteiger partial charge in [-0.3, -0.25) is 9.69 Å². The summed E-state index contributed by atoms with van der Waals surface area (Å²) >= 11 is 0. The first-order valence-electron chi connectivity index (χ1n) is 11.2. The van der Waals surface area contributed by atoms with Crippen LogP contribution >= 0.6 is 0 Å². The summed E-state index contributed by atoms with van der Waals surface area (Å²) in [5.41, 5.74) is 1.49. The number of carbonyl (C=O) groups is 1. The molecule has 1 fully saturated rings. The van der Waals surface area contributed by atoms with Gasteiger partial charge in [0.2, 0.25) is 10.0 Å². The molecule has 4 rings (SSSR count). The zero-order chi connectivity index (χ0) is 24.0. The average molecular weight is 484 g/mol. The van der Waals surface area contributed by atoms with Crippen molar-refractivity contribution < 1.29 is 22.4 Å². The van der Waals surface area contributed by atoms with Gasteiger partial charge in [0.05, 0.1) is 30.9 Å². The van der Waals surface area contributed by atoms with Crippen LogP contribution in [-0.2, 0) is 16.6 Å². The Morgan fingerprint density at radius 3 is 2.53 bits per heavy atom. The maximum atomic E-state index is 12.8. The number of hydrogen-bond acceptors (Lipinski definition) is 6. The average Bonchev–Trinajstić information content (AvgIpc) is 3.58. The van der Waals surface area contributed by atoms with E-state index in [0.29, 0.717) is 17.9 Å². The Morgan fingerprint density at radius 2 is 1.85 bits per heavy atom. The number of benzene rings is 2. The number of methoxy groups -OCH3 is 1. The molecule has 34 heavy (non-hydrogen) atoms. The molecule has 0 spiro atoms. The number of furan rings is 1. The highest BCUT2D eigenvalue weighted by molar-refractivity contribution is 7.89. The Morgan fingerprint density at radius 1 is 1.09 bits per heavy atom. The molecule has 0 saturated carbocycles. The summed E-state index contributed by atoms with van der Waals surface area (Å²) in [5.74, 6) is 1.05. The molecular weight excluding hydrogens is 454 g/mol. The highest BCUT2D eigenvalue weighted by atomic mass is 32.2. The number of ether oxygens (including phenoxy) is 1. The number of rotatable bonds is 10. The number of nitrogens with zero attached hydrogens (tertiary/aromatic N) is 1. The van der Waals surface area contributed by atoms with Crippen LogP contribution in [0.1, 0.15) is 40.6 Å². The Labute approximate surface area is 200 Å². The van der Waals surface area contributed by atoms with E-state index in [9.17, 15) is 13.2 Å². The number of likely N-dealkylation sites (tertiary alicyclic amines) is 1. The maximum Gasteiger partial charge on any atom is 0.251 e. The molecule has 0 radical (unpaired) electrons. The molecule has 2 aromatic carbocycles. The number of sulfonamides is 1. The lowest BCUT2D eigenvalue weighted by Gasteiger charge is -2.28. The largest absolute Gasteiger partial charge is 0.497 e. The lowest BCUT2D eigenvalue weighted by atomic mass is 10.0. The molecule has 1 amide bonds. The number of amides is 1. The van der Waals surface area contributed by atoms with Crippen LogP contribution in [0, 0.1) is 0 Å². The van der Waals surface area contributed by atoms with Gasteiger partial charge in [-0.25, -0.2) is 13.1 Å². The fourth-order valence-corrected chi connectivity index (χ4v) is 5.09. The Balaban J connectivity index is 1.40. The molecule has 9 heteroatoms. The minimum atomic E-state index is -3.72. The SMILES string of the molecule is COc1cccc(C(CNC(=O)c2ccc(S(=O)(=O)NCc3ccco3)cc2)N2CCCC2)c1. The van der Waals surface area contributed by atoms with Crippen molar-refractivity contribution in [1.29, 1.82) is 0 Å². The van der Waals surface area contributed by atoms with Crippen LogP contribution < -0.4 is 14.8 Å². The van der Waals surface area contributed by atoms with E-state index < -0.39 is 10.0 Å². The molecule has 2 heterocycles. The molecule has 2 N–H and O–H groups in total. The quantitative estimate of drug-likeness (QED) is 0.459. The molecule has 1 aromatic heterocycles. The fraction of sp³-hybridized carbons (Fsp3) is 0.320. The fourth-order valence-electron chi connectivity index (χ4n) is 4.10. The van der Waals surface area contributed by atoms with E-state index in [1.54, 1.807) is 19.2 Å². The molecule has 0 bridgehead atoms. The van der Waals surface area contributed by atoms with Gasteiger partial charge >= 0.3 is 0 Å². The van der Waals surface area contributed by atoms with Crippen molar-refractivity contribution in [3.05, 3.63) is 83.8 Å². The van der Waals surface area contributed by atoms with Gasteiger partial charge in [0.25, 0.3) is 5.91 Å². The lowest BCUT2D eigenvalue weighted by molar-refractivity contribution is 0.0938. The van der Waals surface area contributed by atoms with Crippen LogP contribution in [0.2, 0.25) is 0 Å². The molecule has 1 saturated heterocycles. The first-order valence-corrected chi connectivity index (χ1v) is 12.7. The molecule has 180 valence electrons. The summed E-state index contributed by atoms with van der Waals surface area (Å²) in [4.78, 5) is 15.3. The van der Waals surface area contributed by atoms with E-state index in [4.69, 9.17) is 9.15 Å². The predicted molar refractivity (Wildman–Crippen MR) is 128 cm³/mol. The highest BCUT2D eigenvalue weighted by Crippen LogP contribution is 2.27. The molecule has 8 nitrogen and oxygen atoms in total. The van der Waals surface area contributed by atoms with Gasteiger partial charge in [-0.1, -0.05) is 12.1 Å². The van der Waals surface area contributed by atoms with Gasteiger partial charge in [0, 0.05) is 12.1 Å². The van der Waals surface area contributed by atoms with Crippen molar-refractivity contribution in [2.75, 3.05) is 26.7 Å². The minimum Gasteiger partial charge on any atom is -0.497 e. The summed E-state index contributed by atoms with van der Waals surface area (Å²) in [6.45, 7) is 2.46. The van der Waals surface area contributed by atoms with Crippen LogP contribution in [0.3, 0.4) is 0 Å². The second kappa shape index (κ2) is 10.9. The summed E-state index contributed by atoms with van der Waals surface area (Å²) in [7, 11) is -2.08. The van der Waals surface area contributed by atoms with Crippen LogP contribution in [-0.4, -0.2) is 46.0 Å². The van der Waals surface area contributed by atoms with Crippen molar-refractivity contribution in [1.82, 2.24) is 14.9 Å². The van der Waals surface area contributed by atoms with E-state index in [2.05, 4.69) is 14.9 Å². The molecule has 1 atom stereocenters. The Bertz CT molecular complexity index is 1190. The van der Waals surface area contributed by atoms with Crippen molar-refractivity contribution in [3.63, 3.8) is 0 Å². The third-order valence-corrected chi connectivity index (χ3v) is 7.38. The van der Waals surface area contributed by atoms with Crippen molar-refractivity contribution in [2.45, 2.75) is 30.3 Å². The Hall–Kier alpha value is -3.14. The van der Waals surface area contributed by atoms with Gasteiger partial charge in [-0.2, -0.15) is 0 Å². The topological polar surface area (TPSA) is 101 Å². The zero-order valence-electron chi connectivity index (χ0n) is 19.1. The molecule has 3 aromatic rings. The van der Waals surface area contributed by atoms with Gasteiger partial charge in [-0.15, -0.1) is 0 Å². The van der Waals surface area contributed by atoms with E-state index in [1.165, 1.54) is 30.5 Å². The zero-order valence-corrected chi connectivity index (χ0v) is 19.9. The van der Waals surface area contributed by atoms with Gasteiger partial charge in [-0.05, 0) is 80.0 Å². The summed E-state index contributed by atoms with van der Waals surface area (Å²) < 4.78 is 38.0. The third kappa shape index (κ3) is 5.85. The second-order valence-corrected chi connectivity index (χ2v) is 9.94. The molecular formula is C25H29N3O5S. The highest BCUT2D eigenvalue weighted by Gasteiger charge is 2.24. The monoisotopic (exact) mass is 483 g/mol. The van der Waals surface area contributed by atoms with Crippen LogP contribution in [0.5, 0.6) is 5.75 Å². The second-order valence-electron chi connectivity index (χ2n) is 8.17. The number of hydrogen-bond donors (Lipinski definition) is 2. The summed E-state index contributed by atoms with van der Waals surface area (Å²) in [5, 5.41) is 3.01. The smallest absolute Gasteiger partial charge is 0.251 e. The Kier molecular flexibility index (Phi) is 7.66. The third-order valence-electron chi connectivity index (χ3n) is 5.96. The summed E-state index contributed by atoms with van der Waals surface area (Å²) in [6.07, 6.45) is 3.76. The van der Waals surface area contributed by atoms with Crippen molar-refractivity contribution in [2.24, 2.45) is 0 Å². The van der Waals surface area contributed by atoms with E-state index in [1.807, 2.05) is 24.3 Å². The first-order chi connectivity index (χ1) is 16.5. The van der Waals surface area contributed by atoms with Gasteiger partial charge < -0.3 is 14.5 Å². The minimum absolute atomic E-state index is 0.0343. The molecule has 1 unspecified atom stereocenters. The van der Waals surface area contributed by atoms with Gasteiger partial charge in [0.1, 0.15) is 11.5 Å². The molecule has 1 aliphatic heterocycles. The lowest BCUT2D eigenvalue weighted by Crippen LogP contribution is -2.36. The normalized spacial score (nSPS) is 15.2. The van der Waals surface area contributed by atoms with Crippen molar-refractivity contribution in [3.8, 4) is 5.75 Å². The molecule has 1 aliphatic rings. The standard InChI is InChI=1S/C25H29N3O5S/c1-32-21-7-4-6-20(16-21)24(28-13-2-3-14-28)18-26-25(29)19-9-11-23(12-10-19)34(30,31)27-17-22-8-5-15-33-22/h4-12,15-16,24,27H,2-3,13-14,17-18H2,1H3,(H,26,29). The van der Waals surface area contributed by atoms with Gasteiger partial charge in [0.15, 0.2) is 0 Å². The number of carbonyl (C=O) groups excluding carboxylic acids is 1. The van der Waals surface area contributed by atoms with Crippen molar-refractivity contribution >= 4 is 15.9 Å². The molecule has 0 aliphatic carbocycles. The maximum absolute atomic E-state index is 12.8. The van der Waals surface area contributed by atoms with Crippen LogP contribution in [0.25, 0.3) is 0 Å². The number of nitrogens with one attached hydrogen (secondary N) is 2. The van der Waals surface area contributed by atoms with E-state index in [-0.39, 0.29) is 23.4 Å². The first kappa shape index (κ1) is 24.0. The van der Waals surface area contributed by atoms with Crippen LogP contribution in [0.4, 0.5) is 0 Å². The predicted octanol–water partition coefficient (Wildman–Crippen LogP) is 3.33. The van der Waals surface area contributed by atoms with E-state index in [0.717, 1.165) is 37.2 Å². The van der Waals surface area contributed by atoms with Crippen LogP contribution in [0.15, 0.2) is 76.2 Å². The van der Waals surface area contributed by atoms with E-state index >= 15 is 0 Å². The summed E-state index contributed by atoms with van der Waals surface area (Å²) in [6, 6.07) is 17.2.